The lowest BCUT2D eigenvalue weighted by Crippen LogP contribution is -2.53. The summed E-state index contributed by atoms with van der Waals surface area (Å²) >= 11 is 0. The van der Waals surface area contributed by atoms with Gasteiger partial charge in [0.2, 0.25) is 0 Å². The van der Waals surface area contributed by atoms with E-state index in [1.807, 2.05) is 0 Å². The van der Waals surface area contributed by atoms with Crippen LogP contribution in [0.4, 0.5) is 0 Å². The number of fused-ring (bicyclic) bond motifs is 1. The SMILES string of the molecule is CCOC(=O)C1(N)CCc2[nH][nH]c(=O)c2C1. The summed E-state index contributed by atoms with van der Waals surface area (Å²) in [4.78, 5) is 23.1. The molecule has 0 spiro atoms. The summed E-state index contributed by atoms with van der Waals surface area (Å²) in [5.41, 5.74) is 6.15. The molecule has 1 aliphatic rings. The Morgan fingerprint density at radius 2 is 2.31 bits per heavy atom. The highest BCUT2D eigenvalue weighted by molar-refractivity contribution is 5.81. The average molecular weight is 225 g/mol. The molecule has 0 fully saturated rings. The Morgan fingerprint density at radius 3 is 3.00 bits per heavy atom. The van der Waals surface area contributed by atoms with Crippen molar-refractivity contribution in [2.75, 3.05) is 6.61 Å². The van der Waals surface area contributed by atoms with Crippen LogP contribution in [-0.2, 0) is 22.4 Å². The zero-order valence-corrected chi connectivity index (χ0v) is 9.13. The summed E-state index contributed by atoms with van der Waals surface area (Å²) in [6.07, 6.45) is 1.32. The minimum Gasteiger partial charge on any atom is -0.465 e. The molecule has 16 heavy (non-hydrogen) atoms. The van der Waals surface area contributed by atoms with Gasteiger partial charge in [-0.15, -0.1) is 0 Å². The van der Waals surface area contributed by atoms with Crippen molar-refractivity contribution in [2.24, 2.45) is 5.73 Å². The van der Waals surface area contributed by atoms with Crippen LogP contribution in [0.25, 0.3) is 0 Å². The second kappa shape index (κ2) is 3.79. The molecule has 6 heteroatoms. The van der Waals surface area contributed by atoms with Gasteiger partial charge in [-0.25, -0.2) is 0 Å². The number of aryl methyl sites for hydroxylation is 1. The van der Waals surface area contributed by atoms with Crippen molar-refractivity contribution in [2.45, 2.75) is 31.7 Å². The molecule has 0 amide bonds. The van der Waals surface area contributed by atoms with Crippen LogP contribution in [0.3, 0.4) is 0 Å². The number of esters is 1. The lowest BCUT2D eigenvalue weighted by Gasteiger charge is -2.29. The van der Waals surface area contributed by atoms with Crippen LogP contribution in [-0.4, -0.2) is 28.3 Å². The number of aromatic amines is 2. The lowest BCUT2D eigenvalue weighted by molar-refractivity contribution is -0.150. The molecule has 0 bridgehead atoms. The molecule has 1 aromatic heterocycles. The van der Waals surface area contributed by atoms with Crippen LogP contribution >= 0.6 is 0 Å². The molecule has 1 unspecified atom stereocenters. The van der Waals surface area contributed by atoms with Crippen LogP contribution < -0.4 is 11.3 Å². The van der Waals surface area contributed by atoms with Crippen LogP contribution in [0.5, 0.6) is 0 Å². The van der Waals surface area contributed by atoms with Gasteiger partial charge in [-0.1, -0.05) is 0 Å². The maximum absolute atomic E-state index is 11.7. The highest BCUT2D eigenvalue weighted by Gasteiger charge is 2.40. The number of carbonyl (C=O) groups excluding carboxylic acids is 1. The first-order valence-electron chi connectivity index (χ1n) is 5.31. The van der Waals surface area contributed by atoms with E-state index in [1.54, 1.807) is 6.92 Å². The fourth-order valence-electron chi connectivity index (χ4n) is 2.02. The quantitative estimate of drug-likeness (QED) is 0.588. The van der Waals surface area contributed by atoms with E-state index in [0.717, 1.165) is 5.69 Å². The Bertz CT molecular complexity index is 462. The Kier molecular flexibility index (Phi) is 2.59. The Labute approximate surface area is 92.2 Å². The number of ether oxygens (including phenoxy) is 1. The highest BCUT2D eigenvalue weighted by Crippen LogP contribution is 2.24. The van der Waals surface area contributed by atoms with E-state index in [-0.39, 0.29) is 12.0 Å². The molecule has 0 aromatic carbocycles. The van der Waals surface area contributed by atoms with Crippen molar-refractivity contribution >= 4 is 5.97 Å². The summed E-state index contributed by atoms with van der Waals surface area (Å²) in [6, 6.07) is 0. The standard InChI is InChI=1S/C10H15N3O3/c1-2-16-9(15)10(11)4-3-7-6(5-10)8(14)13-12-7/h2-5,11H2,1H3,(H2,12,13,14). The van der Waals surface area contributed by atoms with Gasteiger partial charge in [-0.05, 0) is 19.8 Å². The van der Waals surface area contributed by atoms with Gasteiger partial charge in [0.15, 0.2) is 0 Å². The average Bonchev–Trinajstić information content (AvgIpc) is 2.61. The maximum atomic E-state index is 11.7. The second-order valence-corrected chi connectivity index (χ2v) is 4.09. The molecule has 0 aliphatic heterocycles. The summed E-state index contributed by atoms with van der Waals surface area (Å²) < 4.78 is 4.93. The number of hydrogen-bond donors (Lipinski definition) is 3. The van der Waals surface area contributed by atoms with Crippen LogP contribution in [0.1, 0.15) is 24.6 Å². The molecule has 0 saturated carbocycles. The largest absolute Gasteiger partial charge is 0.465 e. The van der Waals surface area contributed by atoms with Crippen molar-refractivity contribution in [3.05, 3.63) is 21.6 Å². The van der Waals surface area contributed by atoms with E-state index in [0.29, 0.717) is 25.0 Å². The lowest BCUT2D eigenvalue weighted by atomic mass is 9.81. The van der Waals surface area contributed by atoms with Gasteiger partial charge in [0, 0.05) is 17.7 Å². The molecular weight excluding hydrogens is 210 g/mol. The summed E-state index contributed by atoms with van der Waals surface area (Å²) in [5.74, 6) is -0.429. The molecule has 2 rings (SSSR count). The number of rotatable bonds is 2. The molecule has 4 N–H and O–H groups in total. The Balaban J connectivity index is 2.26. The van der Waals surface area contributed by atoms with E-state index < -0.39 is 11.5 Å². The van der Waals surface area contributed by atoms with E-state index in [4.69, 9.17) is 10.5 Å². The number of hydrogen-bond acceptors (Lipinski definition) is 4. The first-order valence-corrected chi connectivity index (χ1v) is 5.31. The Morgan fingerprint density at radius 1 is 1.56 bits per heavy atom. The number of H-pyrrole nitrogens is 2. The van der Waals surface area contributed by atoms with Crippen LogP contribution in [0, 0.1) is 0 Å². The van der Waals surface area contributed by atoms with E-state index in [9.17, 15) is 9.59 Å². The summed E-state index contributed by atoms with van der Waals surface area (Å²) in [7, 11) is 0. The van der Waals surface area contributed by atoms with E-state index in [1.165, 1.54) is 0 Å². The summed E-state index contributed by atoms with van der Waals surface area (Å²) in [5, 5.41) is 5.29. The van der Waals surface area contributed by atoms with Gasteiger partial charge in [0.25, 0.3) is 5.56 Å². The predicted molar refractivity (Wildman–Crippen MR) is 57.0 cm³/mol. The first-order chi connectivity index (χ1) is 7.57. The van der Waals surface area contributed by atoms with Gasteiger partial charge in [-0.2, -0.15) is 0 Å². The van der Waals surface area contributed by atoms with Crippen LogP contribution in [0.15, 0.2) is 4.79 Å². The molecule has 1 aliphatic carbocycles. The van der Waals surface area contributed by atoms with Crippen LogP contribution in [0.2, 0.25) is 0 Å². The van der Waals surface area contributed by atoms with Crippen molar-refractivity contribution in [1.29, 1.82) is 0 Å². The zero-order chi connectivity index (χ0) is 11.8. The zero-order valence-electron chi connectivity index (χ0n) is 9.13. The topological polar surface area (TPSA) is 101 Å². The number of aromatic nitrogens is 2. The molecule has 1 atom stereocenters. The number of nitrogens with two attached hydrogens (primary N) is 1. The molecule has 0 saturated heterocycles. The smallest absolute Gasteiger partial charge is 0.326 e. The van der Waals surface area contributed by atoms with Gasteiger partial charge >= 0.3 is 5.97 Å². The molecule has 1 aromatic rings. The van der Waals surface area contributed by atoms with Crippen molar-refractivity contribution in [1.82, 2.24) is 10.2 Å². The van der Waals surface area contributed by atoms with E-state index >= 15 is 0 Å². The molecular formula is C10H15N3O3. The molecule has 1 heterocycles. The molecule has 6 nitrogen and oxygen atoms in total. The first kappa shape index (κ1) is 10.9. The fraction of sp³-hybridized carbons (Fsp3) is 0.600. The second-order valence-electron chi connectivity index (χ2n) is 4.09. The van der Waals surface area contributed by atoms with Gasteiger partial charge in [0.05, 0.1) is 6.61 Å². The van der Waals surface area contributed by atoms with Gasteiger partial charge in [-0.3, -0.25) is 14.7 Å². The monoisotopic (exact) mass is 225 g/mol. The van der Waals surface area contributed by atoms with Crippen molar-refractivity contribution in [3.63, 3.8) is 0 Å². The third-order valence-electron chi connectivity index (χ3n) is 2.96. The fourth-order valence-corrected chi connectivity index (χ4v) is 2.02. The normalized spacial score (nSPS) is 23.9. The van der Waals surface area contributed by atoms with Crippen molar-refractivity contribution < 1.29 is 9.53 Å². The highest BCUT2D eigenvalue weighted by atomic mass is 16.5. The predicted octanol–water partition coefficient (Wildman–Crippen LogP) is -0.548. The minimum atomic E-state index is -1.06. The van der Waals surface area contributed by atoms with Crippen molar-refractivity contribution in [3.8, 4) is 0 Å². The maximum Gasteiger partial charge on any atom is 0.326 e. The van der Waals surface area contributed by atoms with Gasteiger partial charge in [0.1, 0.15) is 5.54 Å². The molecule has 0 radical (unpaired) electrons. The number of nitrogens with one attached hydrogen (secondary N) is 2. The number of carbonyl (C=O) groups is 1. The third-order valence-corrected chi connectivity index (χ3v) is 2.96. The van der Waals surface area contributed by atoms with Gasteiger partial charge < -0.3 is 15.6 Å². The molecule has 88 valence electrons. The Hall–Kier alpha value is -1.56. The minimum absolute atomic E-state index is 0.200. The third kappa shape index (κ3) is 1.65. The van der Waals surface area contributed by atoms with E-state index in [2.05, 4.69) is 10.2 Å². The summed E-state index contributed by atoms with van der Waals surface area (Å²) in [6.45, 7) is 2.03.